The van der Waals surface area contributed by atoms with E-state index in [1.54, 1.807) is 32.5 Å². The number of aromatic nitrogens is 2. The van der Waals surface area contributed by atoms with Gasteiger partial charge < -0.3 is 24.3 Å². The molecule has 1 saturated heterocycles. The summed E-state index contributed by atoms with van der Waals surface area (Å²) in [7, 11) is 3.21. The third kappa shape index (κ3) is 4.90. The van der Waals surface area contributed by atoms with Gasteiger partial charge in [0.2, 0.25) is 0 Å². The normalized spacial score (nSPS) is 16.7. The van der Waals surface area contributed by atoms with Crippen molar-refractivity contribution in [3.63, 3.8) is 0 Å². The molecule has 0 unspecified atom stereocenters. The number of nitrogens with zero attached hydrogens (tertiary/aromatic N) is 4. The molecule has 2 atom stereocenters. The van der Waals surface area contributed by atoms with Crippen molar-refractivity contribution in [3.8, 4) is 17.2 Å². The van der Waals surface area contributed by atoms with Gasteiger partial charge in [0, 0.05) is 36.3 Å². The van der Waals surface area contributed by atoms with Crippen LogP contribution in [0.2, 0.25) is 0 Å². The van der Waals surface area contributed by atoms with Crippen LogP contribution in [-0.2, 0) is 6.54 Å². The van der Waals surface area contributed by atoms with Crippen LogP contribution in [0.5, 0.6) is 11.5 Å². The Hall–Kier alpha value is -4.44. The second-order valence-corrected chi connectivity index (χ2v) is 9.76. The van der Waals surface area contributed by atoms with E-state index in [9.17, 15) is 10.1 Å². The molecule has 3 heterocycles. The molecule has 0 spiro atoms. The summed E-state index contributed by atoms with van der Waals surface area (Å²) in [6, 6.07) is 20.2. The molecule has 10 heteroatoms. The fourth-order valence-corrected chi connectivity index (χ4v) is 5.57. The van der Waals surface area contributed by atoms with Gasteiger partial charge in [-0.1, -0.05) is 18.2 Å². The van der Waals surface area contributed by atoms with Crippen LogP contribution in [0.4, 0.5) is 5.69 Å². The van der Waals surface area contributed by atoms with Crippen LogP contribution in [0, 0.1) is 24.0 Å². The topological polar surface area (TPSA) is 94.7 Å². The van der Waals surface area contributed by atoms with E-state index in [4.69, 9.17) is 21.7 Å². The lowest BCUT2D eigenvalue weighted by Crippen LogP contribution is -2.29. The lowest BCUT2D eigenvalue weighted by atomic mass is 9.96. The number of nitro benzene ring substituents is 1. The molecule has 2 aromatic heterocycles. The number of ether oxygens (including phenoxy) is 2. The number of hydrogen-bond donors (Lipinski definition) is 1. The Morgan fingerprint density at radius 1 is 1.05 bits per heavy atom. The van der Waals surface area contributed by atoms with Crippen LogP contribution in [0.15, 0.2) is 72.9 Å². The van der Waals surface area contributed by atoms with Crippen LogP contribution in [0.25, 0.3) is 5.69 Å². The van der Waals surface area contributed by atoms with Crippen LogP contribution in [0.1, 0.15) is 40.3 Å². The Bertz CT molecular complexity index is 1520. The molecule has 200 valence electrons. The number of rotatable bonds is 8. The second kappa shape index (κ2) is 10.7. The quantitative estimate of drug-likeness (QED) is 0.175. The Labute approximate surface area is 232 Å². The third-order valence-corrected chi connectivity index (χ3v) is 7.47. The lowest BCUT2D eigenvalue weighted by molar-refractivity contribution is -0.384. The first-order valence-corrected chi connectivity index (χ1v) is 12.9. The molecule has 1 fully saturated rings. The molecule has 1 aliphatic rings. The molecule has 0 radical (unpaired) electrons. The van der Waals surface area contributed by atoms with Gasteiger partial charge in [-0.2, -0.15) is 0 Å². The minimum Gasteiger partial charge on any atom is -0.497 e. The van der Waals surface area contributed by atoms with Gasteiger partial charge in [0.1, 0.15) is 11.5 Å². The fraction of sp³-hybridized carbons (Fsp3) is 0.241. The maximum Gasteiger partial charge on any atom is 0.271 e. The molecule has 2 aromatic carbocycles. The number of pyridine rings is 1. The van der Waals surface area contributed by atoms with Crippen molar-refractivity contribution in [2.75, 3.05) is 14.2 Å². The summed E-state index contributed by atoms with van der Waals surface area (Å²) in [6.45, 7) is 4.58. The SMILES string of the molecule is COc1ccc(CN2C(=S)N[C@@H](c3ccccn3)[C@H]2c2cc(C)n(-c3cc([N+](=O)[O-])ccc3OC)c2C)cc1. The minimum atomic E-state index is -0.398. The highest BCUT2D eigenvalue weighted by atomic mass is 32.1. The van der Waals surface area contributed by atoms with E-state index in [0.717, 1.165) is 34.0 Å². The van der Waals surface area contributed by atoms with Crippen molar-refractivity contribution >= 4 is 23.0 Å². The standard InChI is InChI=1S/C29H29N5O4S/c1-18-15-23(19(2)33(18)25-16-21(34(35)36)10-13-26(25)38-4)28-27(24-7-5-6-14-30-24)31-29(39)32(28)17-20-8-11-22(37-3)12-9-20/h5-16,27-28H,17H2,1-4H3,(H,31,39)/t27-,28+/m0/s1. The van der Waals surface area contributed by atoms with Crippen molar-refractivity contribution < 1.29 is 14.4 Å². The number of nitrogens with one attached hydrogen (secondary N) is 1. The summed E-state index contributed by atoms with van der Waals surface area (Å²) in [4.78, 5) is 18.0. The number of non-ortho nitro benzene ring substituents is 1. The van der Waals surface area contributed by atoms with E-state index < -0.39 is 4.92 Å². The lowest BCUT2D eigenvalue weighted by Gasteiger charge is -2.28. The van der Waals surface area contributed by atoms with Gasteiger partial charge in [-0.25, -0.2) is 0 Å². The molecule has 1 aliphatic heterocycles. The van der Waals surface area contributed by atoms with Crippen LogP contribution < -0.4 is 14.8 Å². The average molecular weight is 544 g/mol. The maximum absolute atomic E-state index is 11.6. The maximum atomic E-state index is 11.6. The Morgan fingerprint density at radius 3 is 2.46 bits per heavy atom. The van der Waals surface area contributed by atoms with Crippen LogP contribution in [0.3, 0.4) is 0 Å². The molecule has 5 rings (SSSR count). The molecule has 0 saturated carbocycles. The van der Waals surface area contributed by atoms with Gasteiger partial charge in [0.15, 0.2) is 5.11 Å². The van der Waals surface area contributed by atoms with E-state index in [1.807, 2.05) is 60.9 Å². The molecule has 4 aromatic rings. The molecule has 0 amide bonds. The van der Waals surface area contributed by atoms with Gasteiger partial charge in [-0.15, -0.1) is 0 Å². The van der Waals surface area contributed by atoms with E-state index in [2.05, 4.69) is 21.3 Å². The van der Waals surface area contributed by atoms with E-state index in [0.29, 0.717) is 23.1 Å². The Morgan fingerprint density at radius 2 is 1.82 bits per heavy atom. The van der Waals surface area contributed by atoms with Gasteiger partial charge >= 0.3 is 0 Å². The van der Waals surface area contributed by atoms with Crippen LogP contribution in [-0.4, -0.2) is 38.7 Å². The van der Waals surface area contributed by atoms with Crippen molar-refractivity contribution in [1.29, 1.82) is 0 Å². The molecule has 0 bridgehead atoms. The Balaban J connectivity index is 1.63. The summed E-state index contributed by atoms with van der Waals surface area (Å²) in [5, 5.41) is 15.7. The zero-order chi connectivity index (χ0) is 27.7. The predicted molar refractivity (Wildman–Crippen MR) is 152 cm³/mol. The number of hydrogen-bond acceptors (Lipinski definition) is 6. The van der Waals surface area contributed by atoms with E-state index in [-0.39, 0.29) is 17.8 Å². The van der Waals surface area contributed by atoms with Crippen molar-refractivity contribution in [1.82, 2.24) is 19.8 Å². The van der Waals surface area contributed by atoms with Crippen molar-refractivity contribution in [2.45, 2.75) is 32.5 Å². The zero-order valence-corrected chi connectivity index (χ0v) is 22.9. The number of benzene rings is 2. The summed E-state index contributed by atoms with van der Waals surface area (Å²) < 4.78 is 12.9. The minimum absolute atomic E-state index is 0.00365. The first kappa shape index (κ1) is 26.2. The molecule has 39 heavy (non-hydrogen) atoms. The van der Waals surface area contributed by atoms with Gasteiger partial charge in [0.25, 0.3) is 5.69 Å². The second-order valence-electron chi connectivity index (χ2n) is 9.38. The van der Waals surface area contributed by atoms with Crippen LogP contribution >= 0.6 is 12.2 Å². The summed E-state index contributed by atoms with van der Waals surface area (Å²) in [5.41, 5.74) is 5.46. The fourth-order valence-electron chi connectivity index (χ4n) is 5.27. The van der Waals surface area contributed by atoms with Gasteiger partial charge in [0.05, 0.1) is 42.6 Å². The van der Waals surface area contributed by atoms with Crippen molar-refractivity contribution in [3.05, 3.63) is 111 Å². The van der Waals surface area contributed by atoms with E-state index in [1.165, 1.54) is 6.07 Å². The molecular formula is C29H29N5O4S. The highest BCUT2D eigenvalue weighted by Gasteiger charge is 2.41. The molecule has 9 nitrogen and oxygen atoms in total. The highest BCUT2D eigenvalue weighted by Crippen LogP contribution is 2.43. The molecule has 1 N–H and O–H groups in total. The summed E-state index contributed by atoms with van der Waals surface area (Å²) in [5.74, 6) is 1.34. The summed E-state index contributed by atoms with van der Waals surface area (Å²) >= 11 is 5.86. The number of thiocarbonyl (C=S) groups is 1. The zero-order valence-electron chi connectivity index (χ0n) is 22.1. The first-order valence-electron chi connectivity index (χ1n) is 12.4. The largest absolute Gasteiger partial charge is 0.497 e. The first-order chi connectivity index (χ1) is 18.8. The monoisotopic (exact) mass is 543 g/mol. The Kier molecular flexibility index (Phi) is 7.21. The third-order valence-electron chi connectivity index (χ3n) is 7.11. The van der Waals surface area contributed by atoms with E-state index >= 15 is 0 Å². The van der Waals surface area contributed by atoms with Gasteiger partial charge in [-0.3, -0.25) is 15.1 Å². The number of aryl methyl sites for hydroxylation is 1. The number of nitro groups is 1. The smallest absolute Gasteiger partial charge is 0.271 e. The average Bonchev–Trinajstić information content (AvgIpc) is 3.43. The van der Waals surface area contributed by atoms with Gasteiger partial charge in [-0.05, 0) is 73.6 Å². The highest BCUT2D eigenvalue weighted by molar-refractivity contribution is 7.80. The molecule has 0 aliphatic carbocycles. The van der Waals surface area contributed by atoms with Crippen molar-refractivity contribution in [2.24, 2.45) is 0 Å². The number of methoxy groups -OCH3 is 2. The summed E-state index contributed by atoms with van der Waals surface area (Å²) in [6.07, 6.45) is 1.78. The molecular weight excluding hydrogens is 514 g/mol. The predicted octanol–water partition coefficient (Wildman–Crippen LogP) is 5.59.